The molecule has 1 aromatic heterocycles. The minimum atomic E-state index is -0.734. The summed E-state index contributed by atoms with van der Waals surface area (Å²) in [6.45, 7) is 0. The van der Waals surface area contributed by atoms with E-state index in [2.05, 4.69) is 15.4 Å². The van der Waals surface area contributed by atoms with Crippen LogP contribution in [0.25, 0.3) is 5.69 Å². The highest BCUT2D eigenvalue weighted by Gasteiger charge is 2.46. The van der Waals surface area contributed by atoms with Gasteiger partial charge in [0.1, 0.15) is 12.7 Å². The lowest BCUT2D eigenvalue weighted by Crippen LogP contribution is -2.38. The van der Waals surface area contributed by atoms with Crippen molar-refractivity contribution in [1.29, 1.82) is 0 Å². The van der Waals surface area contributed by atoms with Crippen LogP contribution in [0.3, 0.4) is 0 Å². The van der Waals surface area contributed by atoms with E-state index >= 15 is 0 Å². The van der Waals surface area contributed by atoms with Gasteiger partial charge >= 0.3 is 0 Å². The summed E-state index contributed by atoms with van der Waals surface area (Å²) in [5.41, 5.74) is 6.39. The van der Waals surface area contributed by atoms with E-state index in [0.717, 1.165) is 0 Å². The van der Waals surface area contributed by atoms with Gasteiger partial charge in [-0.2, -0.15) is 5.10 Å². The molecule has 0 spiro atoms. The minimum absolute atomic E-state index is 0.198. The summed E-state index contributed by atoms with van der Waals surface area (Å²) in [4.78, 5) is 15.9. The number of hydrogen-bond acceptors (Lipinski definition) is 4. The van der Waals surface area contributed by atoms with Crippen molar-refractivity contribution >= 4 is 23.2 Å². The van der Waals surface area contributed by atoms with Gasteiger partial charge in [0.05, 0.1) is 16.9 Å². The molecule has 1 fully saturated rings. The van der Waals surface area contributed by atoms with Crippen molar-refractivity contribution in [2.45, 2.75) is 18.4 Å². The third-order valence-corrected chi connectivity index (χ3v) is 3.35. The van der Waals surface area contributed by atoms with Crippen molar-refractivity contribution in [3.63, 3.8) is 0 Å². The maximum absolute atomic E-state index is 12.0. The number of hydrogen-bond donors (Lipinski definition) is 2. The molecule has 0 saturated heterocycles. The summed E-state index contributed by atoms with van der Waals surface area (Å²) in [5, 5.41) is 7.38. The maximum Gasteiger partial charge on any atom is 0.244 e. The number of carbonyl (C=O) groups excluding carboxylic acids is 1. The average molecular weight is 278 g/mol. The fourth-order valence-corrected chi connectivity index (χ4v) is 1.92. The number of aromatic nitrogens is 3. The van der Waals surface area contributed by atoms with Crippen molar-refractivity contribution in [2.75, 3.05) is 5.32 Å². The number of nitrogens with one attached hydrogen (secondary N) is 1. The van der Waals surface area contributed by atoms with Crippen molar-refractivity contribution in [2.24, 2.45) is 5.73 Å². The van der Waals surface area contributed by atoms with Crippen LogP contribution in [0.5, 0.6) is 0 Å². The van der Waals surface area contributed by atoms with Gasteiger partial charge in [0.25, 0.3) is 0 Å². The zero-order valence-electron chi connectivity index (χ0n) is 10.0. The Kier molecular flexibility index (Phi) is 2.76. The average Bonchev–Trinajstić information content (AvgIpc) is 2.92. The number of amides is 1. The van der Waals surface area contributed by atoms with Gasteiger partial charge in [-0.05, 0) is 31.0 Å². The highest BCUT2D eigenvalue weighted by molar-refractivity contribution is 6.31. The fraction of sp³-hybridized carbons (Fsp3) is 0.250. The van der Waals surface area contributed by atoms with Gasteiger partial charge < -0.3 is 11.1 Å². The number of nitrogens with two attached hydrogens (primary N) is 1. The number of anilines is 1. The van der Waals surface area contributed by atoms with Crippen LogP contribution in [0.2, 0.25) is 5.02 Å². The topological polar surface area (TPSA) is 85.8 Å². The number of benzene rings is 1. The summed E-state index contributed by atoms with van der Waals surface area (Å²) in [5.74, 6) is -0.198. The molecule has 3 rings (SSSR count). The molecule has 7 heteroatoms. The minimum Gasteiger partial charge on any atom is -0.323 e. The van der Waals surface area contributed by atoms with Gasteiger partial charge in [0.2, 0.25) is 5.91 Å². The monoisotopic (exact) mass is 277 g/mol. The number of nitrogens with zero attached hydrogens (tertiary/aromatic N) is 3. The van der Waals surface area contributed by atoms with Crippen LogP contribution < -0.4 is 11.1 Å². The Morgan fingerprint density at radius 3 is 2.89 bits per heavy atom. The van der Waals surface area contributed by atoms with E-state index in [1.807, 2.05) is 0 Å². The van der Waals surface area contributed by atoms with Crippen molar-refractivity contribution in [1.82, 2.24) is 14.8 Å². The molecule has 1 saturated carbocycles. The molecule has 0 bridgehead atoms. The molecule has 98 valence electrons. The molecular weight excluding hydrogens is 266 g/mol. The Morgan fingerprint density at radius 2 is 2.26 bits per heavy atom. The SMILES string of the molecule is NC1(C(=O)Nc2cc(Cl)ccc2-n2cncn2)CC1. The Labute approximate surface area is 114 Å². The van der Waals surface area contributed by atoms with Gasteiger partial charge in [-0.3, -0.25) is 4.79 Å². The lowest BCUT2D eigenvalue weighted by Gasteiger charge is -2.14. The Bertz CT molecular complexity index is 621. The molecular formula is C12H12ClN5O. The molecule has 19 heavy (non-hydrogen) atoms. The predicted octanol–water partition coefficient (Wildman–Crippen LogP) is 1.35. The first-order chi connectivity index (χ1) is 9.08. The van der Waals surface area contributed by atoms with E-state index in [1.54, 1.807) is 29.2 Å². The molecule has 1 aliphatic rings. The summed E-state index contributed by atoms with van der Waals surface area (Å²) < 4.78 is 1.56. The van der Waals surface area contributed by atoms with Gasteiger partial charge in [0.15, 0.2) is 0 Å². The van der Waals surface area contributed by atoms with Crippen molar-refractivity contribution in [3.8, 4) is 5.69 Å². The van der Waals surface area contributed by atoms with E-state index < -0.39 is 5.54 Å². The molecule has 6 nitrogen and oxygen atoms in total. The third-order valence-electron chi connectivity index (χ3n) is 3.11. The third kappa shape index (κ3) is 2.32. The maximum atomic E-state index is 12.0. The molecule has 0 atom stereocenters. The lowest BCUT2D eigenvalue weighted by atomic mass is 10.2. The highest BCUT2D eigenvalue weighted by atomic mass is 35.5. The van der Waals surface area contributed by atoms with Crippen LogP contribution in [-0.2, 0) is 4.79 Å². The molecule has 0 aliphatic heterocycles. The van der Waals surface area contributed by atoms with E-state index in [9.17, 15) is 4.79 Å². The van der Waals surface area contributed by atoms with E-state index in [0.29, 0.717) is 29.2 Å². The molecule has 2 aromatic rings. The largest absolute Gasteiger partial charge is 0.323 e. The second-order valence-electron chi connectivity index (χ2n) is 4.61. The summed E-state index contributed by atoms with van der Waals surface area (Å²) in [7, 11) is 0. The van der Waals surface area contributed by atoms with Crippen molar-refractivity contribution < 1.29 is 4.79 Å². The molecule has 3 N–H and O–H groups in total. The van der Waals surface area contributed by atoms with Gasteiger partial charge in [-0.25, -0.2) is 9.67 Å². The van der Waals surface area contributed by atoms with E-state index in [4.69, 9.17) is 17.3 Å². The molecule has 0 radical (unpaired) electrons. The second-order valence-corrected chi connectivity index (χ2v) is 5.05. The predicted molar refractivity (Wildman–Crippen MR) is 71.2 cm³/mol. The molecule has 0 unspecified atom stereocenters. The number of carbonyl (C=O) groups is 1. The van der Waals surface area contributed by atoms with E-state index in [-0.39, 0.29) is 5.91 Å². The van der Waals surface area contributed by atoms with Crippen LogP contribution in [0.1, 0.15) is 12.8 Å². The molecule has 1 aromatic carbocycles. The standard InChI is InChI=1S/C12H12ClN5O/c13-8-1-2-10(18-7-15-6-16-18)9(5-8)17-11(19)12(14)3-4-12/h1-2,5-7H,3-4,14H2,(H,17,19). The number of halogens is 1. The van der Waals surface area contributed by atoms with Crippen LogP contribution in [0.4, 0.5) is 5.69 Å². The van der Waals surface area contributed by atoms with Crippen LogP contribution in [0.15, 0.2) is 30.9 Å². The zero-order chi connectivity index (χ0) is 13.5. The molecule has 1 aliphatic carbocycles. The second kappa shape index (κ2) is 4.32. The summed E-state index contributed by atoms with van der Waals surface area (Å²) in [6, 6.07) is 5.16. The zero-order valence-corrected chi connectivity index (χ0v) is 10.8. The van der Waals surface area contributed by atoms with Crippen molar-refractivity contribution in [3.05, 3.63) is 35.9 Å². The van der Waals surface area contributed by atoms with Crippen LogP contribution >= 0.6 is 11.6 Å². The molecule has 1 heterocycles. The van der Waals surface area contributed by atoms with Crippen LogP contribution in [0, 0.1) is 0 Å². The van der Waals surface area contributed by atoms with Crippen LogP contribution in [-0.4, -0.2) is 26.2 Å². The smallest absolute Gasteiger partial charge is 0.244 e. The first-order valence-corrected chi connectivity index (χ1v) is 6.21. The molecule has 1 amide bonds. The lowest BCUT2D eigenvalue weighted by molar-refractivity contribution is -0.118. The normalized spacial score (nSPS) is 16.1. The number of rotatable bonds is 3. The fourth-order valence-electron chi connectivity index (χ4n) is 1.75. The Balaban J connectivity index is 1.95. The Hall–Kier alpha value is -1.92. The Morgan fingerprint density at radius 1 is 1.47 bits per heavy atom. The summed E-state index contributed by atoms with van der Waals surface area (Å²) in [6.07, 6.45) is 4.38. The van der Waals surface area contributed by atoms with Gasteiger partial charge in [0, 0.05) is 5.02 Å². The van der Waals surface area contributed by atoms with Gasteiger partial charge in [-0.1, -0.05) is 11.6 Å². The van der Waals surface area contributed by atoms with E-state index in [1.165, 1.54) is 6.33 Å². The first kappa shape index (κ1) is 12.1. The first-order valence-electron chi connectivity index (χ1n) is 5.83. The quantitative estimate of drug-likeness (QED) is 0.887. The van der Waals surface area contributed by atoms with Gasteiger partial charge in [-0.15, -0.1) is 0 Å². The highest BCUT2D eigenvalue weighted by Crippen LogP contribution is 2.34. The summed E-state index contributed by atoms with van der Waals surface area (Å²) >= 11 is 5.96.